The van der Waals surface area contributed by atoms with Crippen LogP contribution in [-0.4, -0.2) is 10.8 Å². The zero-order valence-electron chi connectivity index (χ0n) is 15.8. The Morgan fingerprint density at radius 3 is 2.66 bits per heavy atom. The molecule has 144 valence electrons. The van der Waals surface area contributed by atoms with Gasteiger partial charge in [-0.2, -0.15) is 5.26 Å². The number of rotatable bonds is 5. The molecule has 0 aliphatic heterocycles. The van der Waals surface area contributed by atoms with E-state index in [4.69, 9.17) is 0 Å². The first kappa shape index (κ1) is 20.0. The molecule has 29 heavy (non-hydrogen) atoms. The number of carbonyl (C=O) groups is 1. The molecule has 0 spiro atoms. The third-order valence-corrected chi connectivity index (χ3v) is 5.33. The van der Waals surface area contributed by atoms with E-state index < -0.39 is 10.8 Å². The van der Waals surface area contributed by atoms with Crippen LogP contribution in [0.5, 0.6) is 0 Å². The van der Waals surface area contributed by atoms with Crippen LogP contribution in [0.25, 0.3) is 16.5 Å². The molecule has 0 aliphatic rings. The minimum absolute atomic E-state index is 0.0125. The van der Waals surface area contributed by atoms with Gasteiger partial charge in [-0.25, -0.2) is 0 Å². The fourth-order valence-electron chi connectivity index (χ4n) is 2.79. The maximum Gasteiger partial charge on any atom is 0.270 e. The number of thiophene rings is 1. The number of nitrogens with zero attached hydrogens (tertiary/aromatic N) is 2. The molecule has 7 heteroatoms. The fourth-order valence-corrected chi connectivity index (χ4v) is 3.74. The second kappa shape index (κ2) is 8.50. The molecule has 1 amide bonds. The van der Waals surface area contributed by atoms with Crippen LogP contribution in [0.4, 0.5) is 11.4 Å². The van der Waals surface area contributed by atoms with E-state index in [1.54, 1.807) is 18.2 Å². The Bertz CT molecular complexity index is 1170. The van der Waals surface area contributed by atoms with Crippen LogP contribution in [0.3, 0.4) is 0 Å². The summed E-state index contributed by atoms with van der Waals surface area (Å²) in [5.41, 5.74) is 3.37. The van der Waals surface area contributed by atoms with Gasteiger partial charge in [-0.05, 0) is 49.2 Å². The smallest absolute Gasteiger partial charge is 0.270 e. The van der Waals surface area contributed by atoms with Crippen LogP contribution in [0.15, 0.2) is 60.2 Å². The summed E-state index contributed by atoms with van der Waals surface area (Å²) in [5.74, 6) is -0.482. The SMILES string of the molecule is Cc1ccc(NC(=O)/C(C#N)=C/c2ccc(-c3cccc([N+](=O)[O-])c3)s2)c(C)c1. The van der Waals surface area contributed by atoms with Gasteiger partial charge in [0.15, 0.2) is 0 Å². The number of hydrogen-bond donors (Lipinski definition) is 1. The van der Waals surface area contributed by atoms with Crippen molar-refractivity contribution in [1.82, 2.24) is 0 Å². The summed E-state index contributed by atoms with van der Waals surface area (Å²) in [5, 5.41) is 23.1. The van der Waals surface area contributed by atoms with E-state index in [9.17, 15) is 20.2 Å². The first-order chi connectivity index (χ1) is 13.9. The van der Waals surface area contributed by atoms with Gasteiger partial charge in [-0.1, -0.05) is 29.8 Å². The topological polar surface area (TPSA) is 96.0 Å². The zero-order valence-corrected chi connectivity index (χ0v) is 16.6. The molecule has 1 N–H and O–H groups in total. The lowest BCUT2D eigenvalue weighted by Crippen LogP contribution is -2.14. The quantitative estimate of drug-likeness (QED) is 0.264. The molecule has 0 bridgehead atoms. The molecule has 3 aromatic rings. The molecule has 6 nitrogen and oxygen atoms in total. The van der Waals surface area contributed by atoms with Gasteiger partial charge in [0, 0.05) is 27.6 Å². The lowest BCUT2D eigenvalue weighted by atomic mass is 10.1. The van der Waals surface area contributed by atoms with Crippen LogP contribution in [0.2, 0.25) is 0 Å². The Morgan fingerprint density at radius 2 is 1.97 bits per heavy atom. The second-order valence-electron chi connectivity index (χ2n) is 6.45. The lowest BCUT2D eigenvalue weighted by Gasteiger charge is -2.08. The Hall–Kier alpha value is -3.76. The van der Waals surface area contributed by atoms with E-state index in [0.29, 0.717) is 16.1 Å². The number of nitriles is 1. The van der Waals surface area contributed by atoms with E-state index in [1.165, 1.54) is 29.5 Å². The molecule has 3 rings (SSSR count). The van der Waals surface area contributed by atoms with Gasteiger partial charge in [0.25, 0.3) is 11.6 Å². The Morgan fingerprint density at radius 1 is 1.17 bits per heavy atom. The summed E-state index contributed by atoms with van der Waals surface area (Å²) in [6.07, 6.45) is 1.52. The number of benzene rings is 2. The number of anilines is 1. The number of aryl methyl sites for hydroxylation is 2. The molecule has 0 radical (unpaired) electrons. The van der Waals surface area contributed by atoms with E-state index in [1.807, 2.05) is 44.2 Å². The third-order valence-electron chi connectivity index (χ3n) is 4.25. The van der Waals surface area contributed by atoms with Crippen molar-refractivity contribution in [3.8, 4) is 16.5 Å². The molecule has 0 unspecified atom stereocenters. The summed E-state index contributed by atoms with van der Waals surface area (Å²) < 4.78 is 0. The van der Waals surface area contributed by atoms with Crippen LogP contribution < -0.4 is 5.32 Å². The average molecular weight is 403 g/mol. The summed E-state index contributed by atoms with van der Waals surface area (Å²) in [6, 6.07) is 17.5. The van der Waals surface area contributed by atoms with Crippen LogP contribution in [0, 0.1) is 35.3 Å². The van der Waals surface area contributed by atoms with Crippen molar-refractivity contribution in [2.75, 3.05) is 5.32 Å². The van der Waals surface area contributed by atoms with Crippen molar-refractivity contribution < 1.29 is 9.72 Å². The highest BCUT2D eigenvalue weighted by molar-refractivity contribution is 7.16. The molecular formula is C22H17N3O3S. The van der Waals surface area contributed by atoms with E-state index >= 15 is 0 Å². The van der Waals surface area contributed by atoms with Crippen molar-refractivity contribution in [2.24, 2.45) is 0 Å². The first-order valence-corrected chi connectivity index (χ1v) is 9.54. The fraction of sp³-hybridized carbons (Fsp3) is 0.0909. The monoisotopic (exact) mass is 403 g/mol. The van der Waals surface area contributed by atoms with Crippen molar-refractivity contribution in [3.63, 3.8) is 0 Å². The van der Waals surface area contributed by atoms with Crippen molar-refractivity contribution in [3.05, 3.63) is 86.3 Å². The van der Waals surface area contributed by atoms with Crippen molar-refractivity contribution >= 4 is 34.7 Å². The van der Waals surface area contributed by atoms with E-state index in [0.717, 1.165) is 16.0 Å². The average Bonchev–Trinajstić information content (AvgIpc) is 3.17. The van der Waals surface area contributed by atoms with Gasteiger partial charge < -0.3 is 5.32 Å². The Balaban J connectivity index is 1.83. The molecule has 2 aromatic carbocycles. The highest BCUT2D eigenvalue weighted by Gasteiger charge is 2.13. The van der Waals surface area contributed by atoms with Gasteiger partial charge in [-0.15, -0.1) is 11.3 Å². The molecule has 0 saturated carbocycles. The van der Waals surface area contributed by atoms with Gasteiger partial charge in [-0.3, -0.25) is 14.9 Å². The predicted octanol–water partition coefficient (Wildman–Crippen LogP) is 5.49. The minimum atomic E-state index is -0.482. The minimum Gasteiger partial charge on any atom is -0.321 e. The number of nitrogens with one attached hydrogen (secondary N) is 1. The van der Waals surface area contributed by atoms with E-state index in [-0.39, 0.29) is 11.3 Å². The summed E-state index contributed by atoms with van der Waals surface area (Å²) >= 11 is 1.35. The lowest BCUT2D eigenvalue weighted by molar-refractivity contribution is -0.384. The maximum atomic E-state index is 12.5. The number of nitro benzene ring substituents is 1. The van der Waals surface area contributed by atoms with Crippen molar-refractivity contribution in [1.29, 1.82) is 5.26 Å². The maximum absolute atomic E-state index is 12.5. The van der Waals surface area contributed by atoms with Gasteiger partial charge in [0.05, 0.1) is 4.92 Å². The van der Waals surface area contributed by atoms with Gasteiger partial charge >= 0.3 is 0 Å². The summed E-state index contributed by atoms with van der Waals surface area (Å²) in [6.45, 7) is 3.86. The third kappa shape index (κ3) is 4.75. The molecule has 0 saturated heterocycles. The largest absolute Gasteiger partial charge is 0.321 e. The number of nitro groups is 1. The van der Waals surface area contributed by atoms with Gasteiger partial charge in [0.1, 0.15) is 11.6 Å². The molecule has 1 aromatic heterocycles. The molecular weight excluding hydrogens is 386 g/mol. The zero-order chi connectivity index (χ0) is 21.0. The summed E-state index contributed by atoms with van der Waals surface area (Å²) in [4.78, 5) is 24.5. The Labute approximate surface area is 171 Å². The number of carbonyl (C=O) groups excluding carboxylic acids is 1. The number of non-ortho nitro benzene ring substituents is 1. The number of amides is 1. The standard InChI is InChI=1S/C22H17N3O3S/c1-14-6-8-20(15(2)10-14)24-22(26)17(13-23)12-19-7-9-21(29-19)16-4-3-5-18(11-16)25(27)28/h3-12H,1-2H3,(H,24,26)/b17-12+. The van der Waals surface area contributed by atoms with Crippen LogP contribution in [0.1, 0.15) is 16.0 Å². The van der Waals surface area contributed by atoms with Crippen molar-refractivity contribution in [2.45, 2.75) is 13.8 Å². The normalized spacial score (nSPS) is 11.0. The van der Waals surface area contributed by atoms with Crippen LogP contribution in [-0.2, 0) is 4.79 Å². The molecule has 0 fully saturated rings. The molecule has 1 heterocycles. The van der Waals surface area contributed by atoms with Gasteiger partial charge in [0.2, 0.25) is 0 Å². The highest BCUT2D eigenvalue weighted by Crippen LogP contribution is 2.31. The number of hydrogen-bond acceptors (Lipinski definition) is 5. The molecule has 0 atom stereocenters. The highest BCUT2D eigenvalue weighted by atomic mass is 32.1. The van der Waals surface area contributed by atoms with E-state index in [2.05, 4.69) is 5.32 Å². The van der Waals surface area contributed by atoms with Crippen LogP contribution >= 0.6 is 11.3 Å². The first-order valence-electron chi connectivity index (χ1n) is 8.72. The second-order valence-corrected chi connectivity index (χ2v) is 7.57. The molecule has 0 aliphatic carbocycles. The summed E-state index contributed by atoms with van der Waals surface area (Å²) in [7, 11) is 0. The predicted molar refractivity (Wildman–Crippen MR) is 115 cm³/mol. The Kier molecular flexibility index (Phi) is 5.86.